The highest BCUT2D eigenvalue weighted by molar-refractivity contribution is 5.85. The van der Waals surface area contributed by atoms with Crippen LogP contribution in [0, 0.1) is 0 Å². The molecule has 0 radical (unpaired) electrons. The van der Waals surface area contributed by atoms with Crippen LogP contribution in [0.2, 0.25) is 0 Å². The molecule has 110 valence electrons. The van der Waals surface area contributed by atoms with Crippen molar-refractivity contribution in [1.82, 2.24) is 10.4 Å². The zero-order valence-electron chi connectivity index (χ0n) is 12.4. The smallest absolute Gasteiger partial charge is 0.0847 e. The van der Waals surface area contributed by atoms with E-state index >= 15 is 0 Å². The predicted octanol–water partition coefficient (Wildman–Crippen LogP) is 4.02. The molecule has 0 fully saturated rings. The fraction of sp³-hybridized carbons (Fsp3) is 0.389. The lowest BCUT2D eigenvalue weighted by atomic mass is 9.92. The highest BCUT2D eigenvalue weighted by Crippen LogP contribution is 2.31. The Labute approximate surface area is 126 Å². The topological polar surface area (TPSA) is 50.9 Å². The summed E-state index contributed by atoms with van der Waals surface area (Å²) in [5.74, 6) is 5.89. The standard InChI is InChI=1S/C18H23N3/c19-21-17(15-9-4-2-1-3-5-10-15)18-16-11-7-6-8-14(16)12-13-20-18/h6-9,11-13,17,21H,1-5,10,19H2/b15-9+. The third kappa shape index (κ3) is 3.14. The maximum absolute atomic E-state index is 5.89. The fourth-order valence-corrected chi connectivity index (χ4v) is 3.21. The van der Waals surface area contributed by atoms with Crippen LogP contribution < -0.4 is 11.3 Å². The van der Waals surface area contributed by atoms with Crippen LogP contribution in [0.5, 0.6) is 0 Å². The normalized spacial score (nSPS) is 20.3. The van der Waals surface area contributed by atoms with Crippen molar-refractivity contribution in [3.8, 4) is 0 Å². The number of hydrogen-bond acceptors (Lipinski definition) is 3. The fourth-order valence-electron chi connectivity index (χ4n) is 3.21. The van der Waals surface area contributed by atoms with Crippen LogP contribution in [-0.4, -0.2) is 4.98 Å². The van der Waals surface area contributed by atoms with Crippen LogP contribution in [0.3, 0.4) is 0 Å². The first-order valence-electron chi connectivity index (χ1n) is 7.89. The molecule has 1 atom stereocenters. The Balaban J connectivity index is 2.01. The second-order valence-corrected chi connectivity index (χ2v) is 5.75. The zero-order chi connectivity index (χ0) is 14.5. The minimum atomic E-state index is 0.0224. The molecule has 21 heavy (non-hydrogen) atoms. The molecule has 1 aliphatic rings. The lowest BCUT2D eigenvalue weighted by Crippen LogP contribution is -2.30. The molecule has 0 amide bonds. The van der Waals surface area contributed by atoms with E-state index in [4.69, 9.17) is 5.84 Å². The van der Waals surface area contributed by atoms with Gasteiger partial charge in [-0.25, -0.2) is 5.43 Å². The first-order chi connectivity index (χ1) is 10.4. The van der Waals surface area contributed by atoms with Gasteiger partial charge in [0.25, 0.3) is 0 Å². The van der Waals surface area contributed by atoms with Gasteiger partial charge in [0.2, 0.25) is 0 Å². The summed E-state index contributed by atoms with van der Waals surface area (Å²) in [5.41, 5.74) is 5.43. The number of nitrogens with one attached hydrogen (secondary N) is 1. The van der Waals surface area contributed by atoms with Crippen LogP contribution in [0.25, 0.3) is 10.8 Å². The van der Waals surface area contributed by atoms with Gasteiger partial charge in [0, 0.05) is 11.6 Å². The van der Waals surface area contributed by atoms with Crippen molar-refractivity contribution in [2.45, 2.75) is 44.6 Å². The maximum atomic E-state index is 5.89. The summed E-state index contributed by atoms with van der Waals surface area (Å²) in [6, 6.07) is 10.5. The Kier molecular flexibility index (Phi) is 4.63. The second-order valence-electron chi connectivity index (χ2n) is 5.75. The number of pyridine rings is 1. The zero-order valence-corrected chi connectivity index (χ0v) is 12.4. The van der Waals surface area contributed by atoms with Crippen LogP contribution in [0.15, 0.2) is 48.2 Å². The van der Waals surface area contributed by atoms with Crippen molar-refractivity contribution >= 4 is 10.8 Å². The van der Waals surface area contributed by atoms with Gasteiger partial charge in [0.15, 0.2) is 0 Å². The largest absolute Gasteiger partial charge is 0.271 e. The van der Waals surface area contributed by atoms with Gasteiger partial charge in [-0.15, -0.1) is 0 Å². The molecule has 1 aliphatic carbocycles. The van der Waals surface area contributed by atoms with Crippen molar-refractivity contribution in [2.75, 3.05) is 0 Å². The minimum Gasteiger partial charge on any atom is -0.271 e. The summed E-state index contributed by atoms with van der Waals surface area (Å²) in [6.07, 6.45) is 11.7. The summed E-state index contributed by atoms with van der Waals surface area (Å²) in [6.45, 7) is 0. The molecule has 3 N–H and O–H groups in total. The van der Waals surface area contributed by atoms with Crippen LogP contribution in [-0.2, 0) is 0 Å². The molecule has 1 unspecified atom stereocenters. The van der Waals surface area contributed by atoms with Crippen molar-refractivity contribution in [1.29, 1.82) is 0 Å². The number of fused-ring (bicyclic) bond motifs is 1. The van der Waals surface area contributed by atoms with Gasteiger partial charge in [-0.05, 0) is 37.1 Å². The molecule has 1 aromatic heterocycles. The summed E-state index contributed by atoms with van der Waals surface area (Å²) in [5, 5.41) is 2.40. The number of hydrogen-bond donors (Lipinski definition) is 2. The average molecular weight is 281 g/mol. The SMILES string of the molecule is NNC(/C1=C/CCCCCC1)c1nccc2ccccc12. The molecular weight excluding hydrogens is 258 g/mol. The summed E-state index contributed by atoms with van der Waals surface area (Å²) >= 11 is 0. The van der Waals surface area contributed by atoms with E-state index in [1.807, 2.05) is 6.20 Å². The summed E-state index contributed by atoms with van der Waals surface area (Å²) in [7, 11) is 0. The van der Waals surface area contributed by atoms with Gasteiger partial charge in [0.05, 0.1) is 11.7 Å². The van der Waals surface area contributed by atoms with E-state index in [9.17, 15) is 0 Å². The van der Waals surface area contributed by atoms with Gasteiger partial charge in [-0.1, -0.05) is 48.8 Å². The molecule has 0 spiro atoms. The van der Waals surface area contributed by atoms with Crippen molar-refractivity contribution < 1.29 is 0 Å². The van der Waals surface area contributed by atoms with Crippen LogP contribution in [0.4, 0.5) is 0 Å². The van der Waals surface area contributed by atoms with Crippen molar-refractivity contribution in [3.63, 3.8) is 0 Å². The number of nitrogens with zero attached hydrogens (tertiary/aromatic N) is 1. The molecule has 0 aliphatic heterocycles. The molecule has 2 aromatic rings. The van der Waals surface area contributed by atoms with E-state index in [1.165, 1.54) is 42.0 Å². The average Bonchev–Trinajstić information content (AvgIpc) is 2.50. The number of allylic oxidation sites excluding steroid dienone is 1. The molecule has 0 bridgehead atoms. The van der Waals surface area contributed by atoms with Gasteiger partial charge in [-0.3, -0.25) is 10.8 Å². The quantitative estimate of drug-likeness (QED) is 0.507. The summed E-state index contributed by atoms with van der Waals surface area (Å²) in [4.78, 5) is 4.62. The molecule has 3 nitrogen and oxygen atoms in total. The highest BCUT2D eigenvalue weighted by Gasteiger charge is 2.19. The van der Waals surface area contributed by atoms with E-state index in [1.54, 1.807) is 0 Å². The van der Waals surface area contributed by atoms with E-state index in [0.717, 1.165) is 18.5 Å². The van der Waals surface area contributed by atoms with Crippen molar-refractivity contribution in [3.05, 3.63) is 53.9 Å². The van der Waals surface area contributed by atoms with E-state index < -0.39 is 0 Å². The van der Waals surface area contributed by atoms with E-state index in [2.05, 4.69) is 46.8 Å². The third-order valence-electron chi connectivity index (χ3n) is 4.34. The van der Waals surface area contributed by atoms with Gasteiger partial charge < -0.3 is 0 Å². The second kappa shape index (κ2) is 6.83. The minimum absolute atomic E-state index is 0.0224. The Morgan fingerprint density at radius 1 is 1.05 bits per heavy atom. The van der Waals surface area contributed by atoms with E-state index in [0.29, 0.717) is 0 Å². The molecule has 0 saturated heterocycles. The number of rotatable bonds is 3. The Bertz CT molecular complexity index is 628. The highest BCUT2D eigenvalue weighted by atomic mass is 15.2. The Morgan fingerprint density at radius 3 is 2.81 bits per heavy atom. The predicted molar refractivity (Wildman–Crippen MR) is 87.6 cm³/mol. The van der Waals surface area contributed by atoms with Gasteiger partial charge in [0.1, 0.15) is 0 Å². The van der Waals surface area contributed by atoms with Crippen molar-refractivity contribution in [2.24, 2.45) is 5.84 Å². The third-order valence-corrected chi connectivity index (χ3v) is 4.34. The molecule has 0 saturated carbocycles. The molecule has 3 heteroatoms. The monoisotopic (exact) mass is 281 g/mol. The van der Waals surface area contributed by atoms with E-state index in [-0.39, 0.29) is 6.04 Å². The molecule has 1 aromatic carbocycles. The van der Waals surface area contributed by atoms with Crippen LogP contribution >= 0.6 is 0 Å². The number of nitrogens with two attached hydrogens (primary N) is 1. The first-order valence-corrected chi connectivity index (χ1v) is 7.89. The molecular formula is C18H23N3. The van der Waals surface area contributed by atoms with Gasteiger partial charge >= 0.3 is 0 Å². The first kappa shape index (κ1) is 14.2. The molecule has 1 heterocycles. The number of benzene rings is 1. The Hall–Kier alpha value is -1.71. The maximum Gasteiger partial charge on any atom is 0.0847 e. The Morgan fingerprint density at radius 2 is 1.90 bits per heavy atom. The summed E-state index contributed by atoms with van der Waals surface area (Å²) < 4.78 is 0. The lowest BCUT2D eigenvalue weighted by molar-refractivity contribution is 0.550. The molecule has 3 rings (SSSR count). The number of hydrazine groups is 1. The van der Waals surface area contributed by atoms with Gasteiger partial charge in [-0.2, -0.15) is 0 Å². The lowest BCUT2D eigenvalue weighted by Gasteiger charge is -2.22. The number of aromatic nitrogens is 1. The van der Waals surface area contributed by atoms with Crippen LogP contribution in [0.1, 0.15) is 50.3 Å².